The van der Waals surface area contributed by atoms with Crippen LogP contribution in [0.3, 0.4) is 0 Å². The molecule has 0 radical (unpaired) electrons. The van der Waals surface area contributed by atoms with Gasteiger partial charge < -0.3 is 34.0 Å². The van der Waals surface area contributed by atoms with Crippen LogP contribution in [-0.2, 0) is 44.2 Å². The largest absolute Gasteiger partial charge is 0.394 e. The minimum atomic E-state index is -3.64. The number of nitrogens with zero attached hydrogens (tertiary/aromatic N) is 4. The average Bonchev–Trinajstić information content (AvgIpc) is 3.53. The SMILES string of the molecule is C[C@@H]1[C@@H]([Si](C)(C)F)[C@H](CC(=O)N2Cc3ccccc3C[C@H]2CO)O[C@@]12C(=O)N(Cc1ccc(N3CCNCC3=O)cc1)c1ccc([N+](=O)[O-])cc12. The van der Waals surface area contributed by atoms with Gasteiger partial charge in [-0.05, 0) is 54.4 Å². The molecule has 3 aromatic rings. The lowest BCUT2D eigenvalue weighted by Gasteiger charge is -2.37. The first-order chi connectivity index (χ1) is 24.3. The number of ether oxygens (including phenoxy) is 1. The molecule has 4 heterocycles. The third-order valence-electron chi connectivity index (χ3n) is 11.1. The molecule has 0 aliphatic carbocycles. The summed E-state index contributed by atoms with van der Waals surface area (Å²) in [7, 11) is -3.64. The molecule has 0 saturated carbocycles. The molecule has 268 valence electrons. The molecule has 2 N–H and O–H groups in total. The van der Waals surface area contributed by atoms with Crippen LogP contribution < -0.4 is 15.1 Å². The third-order valence-corrected chi connectivity index (χ3v) is 13.6. The van der Waals surface area contributed by atoms with Gasteiger partial charge in [0, 0.05) is 54.5 Å². The molecule has 4 aliphatic rings. The van der Waals surface area contributed by atoms with Crippen molar-refractivity contribution in [2.45, 2.75) is 69.2 Å². The fourth-order valence-corrected chi connectivity index (χ4v) is 11.2. The van der Waals surface area contributed by atoms with Crippen LogP contribution in [0.15, 0.2) is 66.7 Å². The zero-order valence-electron chi connectivity index (χ0n) is 28.9. The molecule has 0 aromatic heterocycles. The number of nitro benzene ring substituents is 1. The average molecular weight is 716 g/mol. The van der Waals surface area contributed by atoms with Crippen molar-refractivity contribution in [3.8, 4) is 0 Å². The van der Waals surface area contributed by atoms with Gasteiger partial charge in [0.05, 0.1) is 48.9 Å². The molecule has 4 aliphatic heterocycles. The highest BCUT2D eigenvalue weighted by molar-refractivity contribution is 6.72. The number of nitro groups is 1. The fourth-order valence-electron chi connectivity index (χ4n) is 8.68. The first-order valence-corrected chi connectivity index (χ1v) is 20.3. The number of non-ortho nitro benzene ring substituents is 1. The number of aliphatic hydroxyl groups excluding tert-OH is 1. The van der Waals surface area contributed by atoms with Gasteiger partial charge in [0.25, 0.3) is 11.6 Å². The molecule has 0 bridgehead atoms. The summed E-state index contributed by atoms with van der Waals surface area (Å²) in [4.78, 5) is 57.6. The van der Waals surface area contributed by atoms with Crippen LogP contribution in [0.2, 0.25) is 18.6 Å². The van der Waals surface area contributed by atoms with E-state index in [0.29, 0.717) is 25.2 Å². The van der Waals surface area contributed by atoms with Gasteiger partial charge in [-0.25, -0.2) is 0 Å². The summed E-state index contributed by atoms with van der Waals surface area (Å²) in [5.74, 6) is -1.57. The number of amides is 3. The number of hydrogen-bond donors (Lipinski definition) is 2. The van der Waals surface area contributed by atoms with Crippen molar-refractivity contribution >= 4 is 43.2 Å². The first-order valence-electron chi connectivity index (χ1n) is 17.4. The highest BCUT2D eigenvalue weighted by Crippen LogP contribution is 2.60. The Kier molecular flexibility index (Phi) is 9.06. The Bertz CT molecular complexity index is 1890. The molecule has 7 rings (SSSR count). The van der Waals surface area contributed by atoms with Crippen molar-refractivity contribution < 1.29 is 33.3 Å². The number of aliphatic hydroxyl groups is 1. The van der Waals surface area contributed by atoms with Gasteiger partial charge >= 0.3 is 0 Å². The number of anilines is 2. The maximum Gasteiger partial charge on any atom is 0.269 e. The number of carbonyl (C=O) groups excluding carboxylic acids is 3. The Morgan fingerprint density at radius 3 is 2.51 bits per heavy atom. The number of fused-ring (bicyclic) bond motifs is 3. The van der Waals surface area contributed by atoms with E-state index in [1.807, 2.05) is 48.5 Å². The summed E-state index contributed by atoms with van der Waals surface area (Å²) < 4.78 is 23.2. The second-order valence-corrected chi connectivity index (χ2v) is 18.3. The van der Waals surface area contributed by atoms with E-state index in [0.717, 1.165) is 22.4 Å². The summed E-state index contributed by atoms with van der Waals surface area (Å²) in [6, 6.07) is 18.8. The molecular weight excluding hydrogens is 674 g/mol. The molecular formula is C37H42FN5O7Si. The third kappa shape index (κ3) is 6.03. The van der Waals surface area contributed by atoms with Crippen molar-refractivity contribution in [3.05, 3.63) is 99.1 Å². The lowest BCUT2D eigenvalue weighted by molar-refractivity contribution is -0.385. The molecule has 2 fully saturated rings. The van der Waals surface area contributed by atoms with Crippen molar-refractivity contribution in [2.24, 2.45) is 5.92 Å². The molecule has 5 atom stereocenters. The quantitative estimate of drug-likeness (QED) is 0.153. The highest BCUT2D eigenvalue weighted by Gasteiger charge is 2.67. The Labute approximate surface area is 296 Å². The van der Waals surface area contributed by atoms with Crippen LogP contribution in [0.1, 0.15) is 35.6 Å². The van der Waals surface area contributed by atoms with Crippen LogP contribution in [0.25, 0.3) is 0 Å². The van der Waals surface area contributed by atoms with Gasteiger partial charge in [0.2, 0.25) is 20.2 Å². The van der Waals surface area contributed by atoms with E-state index in [9.17, 15) is 29.6 Å². The minimum absolute atomic E-state index is 0.0348. The maximum atomic E-state index is 16.5. The normalized spacial score (nSPS) is 26.1. The predicted octanol–water partition coefficient (Wildman–Crippen LogP) is 4.19. The Morgan fingerprint density at radius 2 is 1.84 bits per heavy atom. The van der Waals surface area contributed by atoms with E-state index in [1.54, 1.807) is 16.7 Å². The van der Waals surface area contributed by atoms with E-state index in [-0.39, 0.29) is 55.7 Å². The van der Waals surface area contributed by atoms with E-state index in [4.69, 9.17) is 4.74 Å². The summed E-state index contributed by atoms with van der Waals surface area (Å²) in [6.45, 7) is 6.46. The molecule has 12 nitrogen and oxygen atoms in total. The van der Waals surface area contributed by atoms with Crippen LogP contribution in [0.4, 0.5) is 21.2 Å². The van der Waals surface area contributed by atoms with Gasteiger partial charge in [0.15, 0.2) is 5.60 Å². The van der Waals surface area contributed by atoms with Crippen molar-refractivity contribution in [3.63, 3.8) is 0 Å². The first kappa shape index (κ1) is 34.9. The van der Waals surface area contributed by atoms with Gasteiger partial charge in [-0.2, -0.15) is 0 Å². The summed E-state index contributed by atoms with van der Waals surface area (Å²) in [5, 5.41) is 25.3. The van der Waals surface area contributed by atoms with E-state index < -0.39 is 48.4 Å². The minimum Gasteiger partial charge on any atom is -0.394 e. The summed E-state index contributed by atoms with van der Waals surface area (Å²) in [6.07, 6.45) is -0.712. The second-order valence-electron chi connectivity index (χ2n) is 14.5. The molecule has 51 heavy (non-hydrogen) atoms. The number of benzene rings is 3. The molecule has 2 saturated heterocycles. The number of halogens is 1. The number of piperazine rings is 1. The molecule has 14 heteroatoms. The number of rotatable bonds is 8. The fraction of sp³-hybridized carbons (Fsp3) is 0.432. The van der Waals surface area contributed by atoms with Gasteiger partial charge in [-0.3, -0.25) is 24.5 Å². The zero-order chi connectivity index (χ0) is 36.2. The smallest absolute Gasteiger partial charge is 0.269 e. The van der Waals surface area contributed by atoms with E-state index in [2.05, 4.69) is 5.32 Å². The highest BCUT2D eigenvalue weighted by atomic mass is 28.4. The lowest BCUT2D eigenvalue weighted by atomic mass is 9.82. The zero-order valence-corrected chi connectivity index (χ0v) is 29.9. The van der Waals surface area contributed by atoms with Gasteiger partial charge in [-0.15, -0.1) is 0 Å². The summed E-state index contributed by atoms with van der Waals surface area (Å²) >= 11 is 0. The topological polar surface area (TPSA) is 146 Å². The predicted molar refractivity (Wildman–Crippen MR) is 190 cm³/mol. The number of nitrogens with one attached hydrogen (secondary N) is 1. The Hall–Kier alpha value is -4.50. The van der Waals surface area contributed by atoms with Crippen molar-refractivity contribution in [1.82, 2.24) is 10.2 Å². The summed E-state index contributed by atoms with van der Waals surface area (Å²) in [5.41, 5.74) is 1.46. The van der Waals surface area contributed by atoms with Crippen molar-refractivity contribution in [2.75, 3.05) is 36.0 Å². The molecule has 3 amide bonds. The monoisotopic (exact) mass is 715 g/mol. The Balaban J connectivity index is 1.22. The number of hydrogen-bond acceptors (Lipinski definition) is 8. The standard InChI is InChI=1S/C37H42FN5O7Si/c1-23-35(51(2,3)38)32(18-33(45)41-21-26-7-5-4-6-25(26)16-29(41)22-44)50-37(23)30-17-28(43(48)49)12-13-31(30)42(36(37)47)20-24-8-10-27(11-9-24)40-15-14-39-19-34(40)46/h4-13,17,23,29,32,35,39,44H,14-16,18-22H2,1-3H3/t23-,29+,32+,35-,37+/m1/s1. The van der Waals surface area contributed by atoms with Crippen LogP contribution in [-0.4, -0.2) is 79.4 Å². The maximum absolute atomic E-state index is 16.5. The van der Waals surface area contributed by atoms with Gasteiger partial charge in [-0.1, -0.05) is 43.3 Å². The second kappa shape index (κ2) is 13.2. The van der Waals surface area contributed by atoms with Gasteiger partial charge in [0.1, 0.15) is 0 Å². The molecule has 1 spiro atoms. The lowest BCUT2D eigenvalue weighted by Crippen LogP contribution is -2.48. The van der Waals surface area contributed by atoms with Crippen LogP contribution >= 0.6 is 0 Å². The van der Waals surface area contributed by atoms with E-state index in [1.165, 1.54) is 36.2 Å². The van der Waals surface area contributed by atoms with Crippen molar-refractivity contribution in [1.29, 1.82) is 0 Å². The van der Waals surface area contributed by atoms with Crippen LogP contribution in [0, 0.1) is 16.0 Å². The molecule has 3 aromatic carbocycles. The van der Waals surface area contributed by atoms with E-state index >= 15 is 4.11 Å². The molecule has 0 unspecified atom stereocenters. The van der Waals surface area contributed by atoms with Crippen LogP contribution in [0.5, 0.6) is 0 Å². The Morgan fingerprint density at radius 1 is 1.12 bits per heavy atom. The number of carbonyl (C=O) groups is 3.